The standard InChI is InChI=1S/C23H25N3O3/c1-14-6-8-19(24-15(2)27)12-21(14)25-23(29)18-11-22(28)26(13-18)20-9-7-16-4-3-5-17(16)10-20/h6-10,12,18H,3-5,11,13H2,1-2H3,(H,24,27)(H,25,29). The predicted octanol–water partition coefficient (Wildman–Crippen LogP) is 3.43. The minimum atomic E-state index is -0.403. The molecule has 3 amide bonds. The SMILES string of the molecule is CC(=O)Nc1ccc(C)c(NC(=O)C2CC(=O)N(c3ccc4c(c3)CCC4)C2)c1. The lowest BCUT2D eigenvalue weighted by Gasteiger charge is -2.18. The van der Waals surface area contributed by atoms with Crippen LogP contribution in [0.25, 0.3) is 0 Å². The van der Waals surface area contributed by atoms with Crippen molar-refractivity contribution in [2.24, 2.45) is 5.92 Å². The number of hydrogen-bond acceptors (Lipinski definition) is 3. The highest BCUT2D eigenvalue weighted by atomic mass is 16.2. The van der Waals surface area contributed by atoms with Crippen LogP contribution in [0.2, 0.25) is 0 Å². The van der Waals surface area contributed by atoms with Crippen LogP contribution in [0, 0.1) is 12.8 Å². The molecular formula is C23H25N3O3. The maximum Gasteiger partial charge on any atom is 0.229 e. The molecule has 2 aromatic rings. The van der Waals surface area contributed by atoms with Crippen LogP contribution in [0.15, 0.2) is 36.4 Å². The predicted molar refractivity (Wildman–Crippen MR) is 113 cm³/mol. The van der Waals surface area contributed by atoms with Crippen molar-refractivity contribution in [3.8, 4) is 0 Å². The van der Waals surface area contributed by atoms with Gasteiger partial charge in [0.05, 0.1) is 5.92 Å². The minimum Gasteiger partial charge on any atom is -0.326 e. The molecule has 6 nitrogen and oxygen atoms in total. The number of rotatable bonds is 4. The molecule has 2 aromatic carbocycles. The molecule has 1 aliphatic heterocycles. The normalized spacial score (nSPS) is 17.9. The lowest BCUT2D eigenvalue weighted by molar-refractivity contribution is -0.122. The quantitative estimate of drug-likeness (QED) is 0.838. The molecule has 1 atom stereocenters. The lowest BCUT2D eigenvalue weighted by Crippen LogP contribution is -2.28. The summed E-state index contributed by atoms with van der Waals surface area (Å²) in [5.74, 6) is -0.769. The zero-order valence-corrected chi connectivity index (χ0v) is 16.7. The van der Waals surface area contributed by atoms with E-state index in [1.807, 2.05) is 19.1 Å². The monoisotopic (exact) mass is 391 g/mol. The van der Waals surface area contributed by atoms with E-state index in [1.165, 1.54) is 18.1 Å². The van der Waals surface area contributed by atoms with Crippen molar-refractivity contribution < 1.29 is 14.4 Å². The molecule has 1 heterocycles. The topological polar surface area (TPSA) is 78.5 Å². The molecule has 4 rings (SSSR count). The molecular weight excluding hydrogens is 366 g/mol. The van der Waals surface area contributed by atoms with Gasteiger partial charge < -0.3 is 15.5 Å². The smallest absolute Gasteiger partial charge is 0.229 e. The highest BCUT2D eigenvalue weighted by Gasteiger charge is 2.35. The highest BCUT2D eigenvalue weighted by molar-refractivity contribution is 6.04. The maximum atomic E-state index is 12.8. The molecule has 1 fully saturated rings. The summed E-state index contributed by atoms with van der Waals surface area (Å²) < 4.78 is 0. The van der Waals surface area contributed by atoms with Crippen molar-refractivity contribution in [1.82, 2.24) is 0 Å². The second-order valence-electron chi connectivity index (χ2n) is 7.91. The first-order chi connectivity index (χ1) is 13.9. The van der Waals surface area contributed by atoms with Crippen molar-refractivity contribution in [2.45, 2.75) is 39.5 Å². The summed E-state index contributed by atoms with van der Waals surface area (Å²) >= 11 is 0. The van der Waals surface area contributed by atoms with E-state index in [1.54, 1.807) is 17.0 Å². The fourth-order valence-electron chi connectivity index (χ4n) is 4.13. The van der Waals surface area contributed by atoms with Gasteiger partial charge in [0.1, 0.15) is 0 Å². The fourth-order valence-corrected chi connectivity index (χ4v) is 4.13. The van der Waals surface area contributed by atoms with Gasteiger partial charge in [-0.2, -0.15) is 0 Å². The van der Waals surface area contributed by atoms with Crippen LogP contribution in [-0.2, 0) is 27.2 Å². The number of anilines is 3. The highest BCUT2D eigenvalue weighted by Crippen LogP contribution is 2.31. The van der Waals surface area contributed by atoms with Crippen LogP contribution in [0.4, 0.5) is 17.1 Å². The summed E-state index contributed by atoms with van der Waals surface area (Å²) in [6.07, 6.45) is 3.52. The van der Waals surface area contributed by atoms with Gasteiger partial charge in [-0.3, -0.25) is 14.4 Å². The Kier molecular flexibility index (Phi) is 5.09. The molecule has 2 aliphatic rings. The molecule has 0 bridgehead atoms. The fraction of sp³-hybridized carbons (Fsp3) is 0.348. The minimum absolute atomic E-state index is 0.0215. The van der Waals surface area contributed by atoms with Gasteiger partial charge >= 0.3 is 0 Å². The second-order valence-corrected chi connectivity index (χ2v) is 7.91. The number of carbonyl (C=O) groups is 3. The number of carbonyl (C=O) groups excluding carboxylic acids is 3. The first kappa shape index (κ1) is 19.2. The summed E-state index contributed by atoms with van der Waals surface area (Å²) in [5.41, 5.74) is 5.73. The number of benzene rings is 2. The maximum absolute atomic E-state index is 12.8. The second kappa shape index (κ2) is 7.70. The van der Waals surface area contributed by atoms with Gasteiger partial charge in [0.25, 0.3) is 0 Å². The van der Waals surface area contributed by atoms with Crippen LogP contribution in [0.5, 0.6) is 0 Å². The Hall–Kier alpha value is -3.15. The number of hydrogen-bond donors (Lipinski definition) is 2. The average molecular weight is 391 g/mol. The Labute approximate surface area is 170 Å². The third kappa shape index (κ3) is 4.01. The molecule has 1 saturated heterocycles. The molecule has 0 spiro atoms. The number of fused-ring (bicyclic) bond motifs is 1. The van der Waals surface area contributed by atoms with E-state index >= 15 is 0 Å². The number of amides is 3. The van der Waals surface area contributed by atoms with Crippen LogP contribution in [-0.4, -0.2) is 24.3 Å². The van der Waals surface area contributed by atoms with Crippen molar-refractivity contribution in [1.29, 1.82) is 0 Å². The van der Waals surface area contributed by atoms with Crippen molar-refractivity contribution in [2.75, 3.05) is 22.1 Å². The van der Waals surface area contributed by atoms with Gasteiger partial charge in [0.15, 0.2) is 0 Å². The van der Waals surface area contributed by atoms with E-state index in [0.717, 1.165) is 30.5 Å². The summed E-state index contributed by atoms with van der Waals surface area (Å²) in [7, 11) is 0. The number of nitrogens with zero attached hydrogens (tertiary/aromatic N) is 1. The third-order valence-corrected chi connectivity index (χ3v) is 5.71. The molecule has 0 radical (unpaired) electrons. The molecule has 1 unspecified atom stereocenters. The molecule has 2 N–H and O–H groups in total. The molecule has 0 saturated carbocycles. The van der Waals surface area contributed by atoms with Gasteiger partial charge in [-0.25, -0.2) is 0 Å². The number of nitrogens with one attached hydrogen (secondary N) is 2. The van der Waals surface area contributed by atoms with Crippen LogP contribution >= 0.6 is 0 Å². The Morgan fingerprint density at radius 1 is 1.03 bits per heavy atom. The van der Waals surface area contributed by atoms with Crippen LogP contribution < -0.4 is 15.5 Å². The largest absolute Gasteiger partial charge is 0.326 e. The first-order valence-electron chi connectivity index (χ1n) is 10.0. The van der Waals surface area contributed by atoms with E-state index < -0.39 is 5.92 Å². The summed E-state index contributed by atoms with van der Waals surface area (Å²) in [5, 5.41) is 5.65. The lowest BCUT2D eigenvalue weighted by atomic mass is 10.1. The van der Waals surface area contributed by atoms with Gasteiger partial charge in [-0.05, 0) is 67.1 Å². The van der Waals surface area contributed by atoms with Crippen LogP contribution in [0.1, 0.15) is 36.5 Å². The van der Waals surface area contributed by atoms with E-state index in [2.05, 4.69) is 22.8 Å². The van der Waals surface area contributed by atoms with Gasteiger partial charge in [0, 0.05) is 37.0 Å². The van der Waals surface area contributed by atoms with Crippen molar-refractivity contribution >= 4 is 34.8 Å². The molecule has 0 aromatic heterocycles. The van der Waals surface area contributed by atoms with Gasteiger partial charge in [-0.15, -0.1) is 0 Å². The van der Waals surface area contributed by atoms with E-state index in [9.17, 15) is 14.4 Å². The first-order valence-corrected chi connectivity index (χ1v) is 10.0. The van der Waals surface area contributed by atoms with Crippen molar-refractivity contribution in [3.05, 3.63) is 53.1 Å². The van der Waals surface area contributed by atoms with Crippen LogP contribution in [0.3, 0.4) is 0 Å². The van der Waals surface area contributed by atoms with E-state index in [0.29, 0.717) is 17.9 Å². The van der Waals surface area contributed by atoms with Gasteiger partial charge in [-0.1, -0.05) is 12.1 Å². The molecule has 150 valence electrons. The van der Waals surface area contributed by atoms with Crippen molar-refractivity contribution in [3.63, 3.8) is 0 Å². The molecule has 6 heteroatoms. The van der Waals surface area contributed by atoms with E-state index in [-0.39, 0.29) is 24.1 Å². The van der Waals surface area contributed by atoms with Gasteiger partial charge in [0.2, 0.25) is 17.7 Å². The number of aryl methyl sites for hydroxylation is 3. The Bertz CT molecular complexity index is 999. The molecule has 1 aliphatic carbocycles. The Morgan fingerprint density at radius 2 is 1.83 bits per heavy atom. The third-order valence-electron chi connectivity index (χ3n) is 5.71. The zero-order chi connectivity index (χ0) is 20.5. The Balaban J connectivity index is 1.46. The van der Waals surface area contributed by atoms with E-state index in [4.69, 9.17) is 0 Å². The summed E-state index contributed by atoms with van der Waals surface area (Å²) in [6, 6.07) is 11.6. The summed E-state index contributed by atoms with van der Waals surface area (Å²) in [4.78, 5) is 38.4. The average Bonchev–Trinajstić information content (AvgIpc) is 3.29. The Morgan fingerprint density at radius 3 is 2.62 bits per heavy atom. The zero-order valence-electron chi connectivity index (χ0n) is 16.7. The summed E-state index contributed by atoms with van der Waals surface area (Å²) in [6.45, 7) is 3.72. The molecule has 29 heavy (non-hydrogen) atoms.